The predicted octanol–water partition coefficient (Wildman–Crippen LogP) is 3.65. The molecule has 2 aliphatic rings. The molecular formula is C24H29N5O4. The molecule has 0 atom stereocenters. The van der Waals surface area contributed by atoms with Crippen molar-refractivity contribution in [2.45, 2.75) is 38.0 Å². The maximum absolute atomic E-state index is 12.0. The number of aromatic carboxylic acids is 1. The third-order valence-electron chi connectivity index (χ3n) is 6.88. The van der Waals surface area contributed by atoms with Gasteiger partial charge in [-0.2, -0.15) is 5.10 Å². The van der Waals surface area contributed by atoms with Crippen LogP contribution in [0.25, 0.3) is 16.7 Å². The molecule has 9 heteroatoms. The van der Waals surface area contributed by atoms with E-state index < -0.39 is 5.97 Å². The summed E-state index contributed by atoms with van der Waals surface area (Å²) in [7, 11) is 3.31. The Labute approximate surface area is 192 Å². The van der Waals surface area contributed by atoms with Gasteiger partial charge in [0.05, 0.1) is 29.6 Å². The van der Waals surface area contributed by atoms with E-state index >= 15 is 0 Å². The molecule has 5 rings (SSSR count). The Morgan fingerprint density at radius 2 is 1.97 bits per heavy atom. The fraction of sp³-hybridized carbons (Fsp3) is 0.500. The van der Waals surface area contributed by atoms with Crippen LogP contribution < -0.4 is 9.64 Å². The van der Waals surface area contributed by atoms with E-state index in [1.807, 2.05) is 6.07 Å². The van der Waals surface area contributed by atoms with Gasteiger partial charge in [-0.3, -0.25) is 0 Å². The van der Waals surface area contributed by atoms with E-state index in [1.165, 1.54) is 6.42 Å². The number of hydrogen-bond acceptors (Lipinski definition) is 7. The van der Waals surface area contributed by atoms with Gasteiger partial charge in [-0.15, -0.1) is 0 Å². The molecule has 4 heterocycles. The van der Waals surface area contributed by atoms with E-state index in [4.69, 9.17) is 14.6 Å². The molecule has 0 spiro atoms. The number of anilines is 1. The third-order valence-corrected chi connectivity index (χ3v) is 6.88. The number of carboxylic acids is 1. The first-order valence-corrected chi connectivity index (χ1v) is 11.5. The topological polar surface area (TPSA) is 103 Å². The van der Waals surface area contributed by atoms with E-state index in [0.29, 0.717) is 23.4 Å². The summed E-state index contributed by atoms with van der Waals surface area (Å²) in [5.41, 5.74) is 3.27. The van der Waals surface area contributed by atoms with E-state index in [1.54, 1.807) is 37.2 Å². The largest absolute Gasteiger partial charge is 0.481 e. The summed E-state index contributed by atoms with van der Waals surface area (Å²) in [5, 5.41) is 15.8. The lowest BCUT2D eigenvalue weighted by atomic mass is 9.82. The standard InChI is InChI=1S/C24H29N5O4/c1-32-14-15-7-10-28(11-8-15)19-13-18(24(30)31)26-23-21(19)22(16-4-3-5-16)27-29(23)17-6-9-25-20(12-17)33-2/h6,9,12-13,15-16H,3-5,7-8,10-11,14H2,1-2H3,(H,30,31). The van der Waals surface area contributed by atoms with Gasteiger partial charge in [0.15, 0.2) is 11.3 Å². The summed E-state index contributed by atoms with van der Waals surface area (Å²) in [5.74, 6) is 0.314. The minimum absolute atomic E-state index is 0.0267. The highest BCUT2D eigenvalue weighted by Gasteiger charge is 2.31. The molecule has 1 aliphatic carbocycles. The van der Waals surface area contributed by atoms with Crippen LogP contribution in [0.1, 0.15) is 54.2 Å². The van der Waals surface area contributed by atoms with Crippen LogP contribution in [-0.4, -0.2) is 64.7 Å². The second-order valence-electron chi connectivity index (χ2n) is 8.90. The maximum atomic E-state index is 12.0. The Balaban J connectivity index is 1.68. The SMILES string of the molecule is COCC1CCN(c2cc(C(=O)O)nc3c2c(C2CCC2)nn3-c2ccnc(OC)c2)CC1. The van der Waals surface area contributed by atoms with Crippen LogP contribution >= 0.6 is 0 Å². The monoisotopic (exact) mass is 451 g/mol. The van der Waals surface area contributed by atoms with Crippen molar-refractivity contribution >= 4 is 22.7 Å². The maximum Gasteiger partial charge on any atom is 0.354 e. The molecule has 9 nitrogen and oxygen atoms in total. The van der Waals surface area contributed by atoms with Gasteiger partial charge in [0, 0.05) is 45.0 Å². The third kappa shape index (κ3) is 4.01. The fourth-order valence-electron chi connectivity index (χ4n) is 4.85. The van der Waals surface area contributed by atoms with Gasteiger partial charge in [0.25, 0.3) is 0 Å². The minimum atomic E-state index is -1.04. The molecule has 33 heavy (non-hydrogen) atoms. The molecule has 0 amide bonds. The lowest BCUT2D eigenvalue weighted by Crippen LogP contribution is -2.35. The Morgan fingerprint density at radius 1 is 1.18 bits per heavy atom. The Kier molecular flexibility index (Phi) is 5.88. The number of methoxy groups -OCH3 is 2. The van der Waals surface area contributed by atoms with Crippen LogP contribution in [0.4, 0.5) is 5.69 Å². The number of carbonyl (C=O) groups is 1. The van der Waals surface area contributed by atoms with Crippen LogP contribution in [0.5, 0.6) is 5.88 Å². The van der Waals surface area contributed by atoms with Crippen LogP contribution in [-0.2, 0) is 4.74 Å². The summed E-state index contributed by atoms with van der Waals surface area (Å²) < 4.78 is 12.4. The van der Waals surface area contributed by atoms with Crippen molar-refractivity contribution in [2.24, 2.45) is 5.92 Å². The van der Waals surface area contributed by atoms with Crippen LogP contribution in [0.2, 0.25) is 0 Å². The highest BCUT2D eigenvalue weighted by atomic mass is 16.5. The van der Waals surface area contributed by atoms with E-state index in [0.717, 1.165) is 67.8 Å². The van der Waals surface area contributed by atoms with Gasteiger partial charge in [-0.05, 0) is 43.7 Å². The van der Waals surface area contributed by atoms with Crippen LogP contribution in [0, 0.1) is 5.92 Å². The van der Waals surface area contributed by atoms with E-state index in [2.05, 4.69) is 14.9 Å². The van der Waals surface area contributed by atoms with Crippen molar-refractivity contribution in [2.75, 3.05) is 38.8 Å². The summed E-state index contributed by atoms with van der Waals surface area (Å²) in [6.45, 7) is 2.46. The van der Waals surface area contributed by atoms with Crippen molar-refractivity contribution in [1.82, 2.24) is 19.7 Å². The first-order valence-electron chi connectivity index (χ1n) is 11.5. The van der Waals surface area contributed by atoms with Crippen molar-refractivity contribution in [3.8, 4) is 11.6 Å². The number of rotatable bonds is 7. The van der Waals surface area contributed by atoms with Crippen molar-refractivity contribution in [1.29, 1.82) is 0 Å². The second kappa shape index (κ2) is 8.97. The molecule has 3 aromatic heterocycles. The zero-order chi connectivity index (χ0) is 22.9. The molecular weight excluding hydrogens is 422 g/mol. The smallest absolute Gasteiger partial charge is 0.354 e. The number of nitrogens with zero attached hydrogens (tertiary/aromatic N) is 5. The average molecular weight is 452 g/mol. The normalized spacial score (nSPS) is 17.3. The number of fused-ring (bicyclic) bond motifs is 1. The van der Waals surface area contributed by atoms with E-state index in [-0.39, 0.29) is 5.69 Å². The first-order chi connectivity index (χ1) is 16.1. The van der Waals surface area contributed by atoms with Crippen LogP contribution in [0.3, 0.4) is 0 Å². The van der Waals surface area contributed by atoms with Gasteiger partial charge >= 0.3 is 5.97 Å². The summed E-state index contributed by atoms with van der Waals surface area (Å²) in [4.78, 5) is 23.1. The number of piperidine rings is 1. The zero-order valence-corrected chi connectivity index (χ0v) is 19.0. The summed E-state index contributed by atoms with van der Waals surface area (Å²) >= 11 is 0. The van der Waals surface area contributed by atoms with Gasteiger partial charge in [-0.1, -0.05) is 6.42 Å². The van der Waals surface area contributed by atoms with Crippen molar-refractivity contribution < 1.29 is 19.4 Å². The molecule has 1 saturated heterocycles. The summed E-state index contributed by atoms with van der Waals surface area (Å²) in [6, 6.07) is 5.36. The van der Waals surface area contributed by atoms with Crippen LogP contribution in [0.15, 0.2) is 24.4 Å². The molecule has 174 valence electrons. The van der Waals surface area contributed by atoms with Crippen molar-refractivity contribution in [3.63, 3.8) is 0 Å². The lowest BCUT2D eigenvalue weighted by molar-refractivity contribution is 0.0691. The lowest BCUT2D eigenvalue weighted by Gasteiger charge is -2.34. The highest BCUT2D eigenvalue weighted by molar-refractivity contribution is 5.98. The van der Waals surface area contributed by atoms with Gasteiger partial charge in [0.2, 0.25) is 5.88 Å². The number of ether oxygens (including phenoxy) is 2. The molecule has 0 aromatic carbocycles. The number of pyridine rings is 2. The van der Waals surface area contributed by atoms with Gasteiger partial charge < -0.3 is 19.5 Å². The number of hydrogen-bond donors (Lipinski definition) is 1. The second-order valence-corrected chi connectivity index (χ2v) is 8.90. The molecule has 1 aliphatic heterocycles. The molecule has 0 bridgehead atoms. The highest BCUT2D eigenvalue weighted by Crippen LogP contribution is 2.43. The Morgan fingerprint density at radius 3 is 2.61 bits per heavy atom. The quantitative estimate of drug-likeness (QED) is 0.581. The molecule has 0 unspecified atom stereocenters. The van der Waals surface area contributed by atoms with E-state index in [9.17, 15) is 9.90 Å². The summed E-state index contributed by atoms with van der Waals surface area (Å²) in [6.07, 6.45) is 7.03. The fourth-order valence-corrected chi connectivity index (χ4v) is 4.85. The molecule has 1 N–H and O–H groups in total. The zero-order valence-electron chi connectivity index (χ0n) is 19.0. The molecule has 1 saturated carbocycles. The Bertz CT molecular complexity index is 1170. The number of aromatic nitrogens is 4. The first kappa shape index (κ1) is 21.6. The Hall–Kier alpha value is -3.20. The molecule has 2 fully saturated rings. The van der Waals surface area contributed by atoms with Crippen molar-refractivity contribution in [3.05, 3.63) is 35.8 Å². The van der Waals surface area contributed by atoms with Gasteiger partial charge in [0.1, 0.15) is 0 Å². The predicted molar refractivity (Wildman–Crippen MR) is 124 cm³/mol. The molecule has 0 radical (unpaired) electrons. The number of carboxylic acid groups (broad SMARTS) is 1. The average Bonchev–Trinajstić information content (AvgIpc) is 3.17. The van der Waals surface area contributed by atoms with Gasteiger partial charge in [-0.25, -0.2) is 19.4 Å². The molecule has 3 aromatic rings. The minimum Gasteiger partial charge on any atom is -0.481 e.